The third-order valence-corrected chi connectivity index (χ3v) is 5.37. The van der Waals surface area contributed by atoms with Crippen LogP contribution in [-0.2, 0) is 4.74 Å². The SMILES string of the molecule is O=C(Nc1ccc(F)cc1)c1sc(N2CCOCC2)nc1-c1ccccc1. The molecule has 1 N–H and O–H groups in total. The quantitative estimate of drug-likeness (QED) is 0.739. The molecule has 5 nitrogen and oxygen atoms in total. The summed E-state index contributed by atoms with van der Waals surface area (Å²) in [4.78, 5) is 20.3. The summed E-state index contributed by atoms with van der Waals surface area (Å²) < 4.78 is 18.5. The van der Waals surface area contributed by atoms with Gasteiger partial charge in [-0.15, -0.1) is 0 Å². The lowest BCUT2D eigenvalue weighted by molar-refractivity contribution is 0.103. The molecule has 0 aliphatic carbocycles. The number of thiazole rings is 1. The van der Waals surface area contributed by atoms with Gasteiger partial charge in [-0.3, -0.25) is 4.79 Å². The molecule has 0 atom stereocenters. The van der Waals surface area contributed by atoms with Crippen LogP contribution in [-0.4, -0.2) is 37.2 Å². The van der Waals surface area contributed by atoms with Crippen LogP contribution in [0.5, 0.6) is 0 Å². The van der Waals surface area contributed by atoms with E-state index in [2.05, 4.69) is 10.2 Å². The van der Waals surface area contributed by atoms with Crippen LogP contribution in [0.4, 0.5) is 15.2 Å². The van der Waals surface area contributed by atoms with Crippen molar-refractivity contribution in [2.45, 2.75) is 0 Å². The number of hydrogen-bond acceptors (Lipinski definition) is 5. The third kappa shape index (κ3) is 3.99. The monoisotopic (exact) mass is 383 g/mol. The Kier molecular flexibility index (Phi) is 5.13. The molecule has 7 heteroatoms. The van der Waals surface area contributed by atoms with Gasteiger partial charge in [-0.2, -0.15) is 0 Å². The predicted octanol–water partition coefficient (Wildman–Crippen LogP) is 4.04. The molecule has 138 valence electrons. The van der Waals surface area contributed by atoms with Crippen molar-refractivity contribution in [3.63, 3.8) is 0 Å². The highest BCUT2D eigenvalue weighted by molar-refractivity contribution is 7.18. The van der Waals surface area contributed by atoms with E-state index in [0.29, 0.717) is 29.5 Å². The summed E-state index contributed by atoms with van der Waals surface area (Å²) in [7, 11) is 0. The average molecular weight is 383 g/mol. The van der Waals surface area contributed by atoms with Crippen LogP contribution in [0.2, 0.25) is 0 Å². The molecule has 2 aromatic carbocycles. The van der Waals surface area contributed by atoms with Gasteiger partial charge in [0, 0.05) is 24.3 Å². The van der Waals surface area contributed by atoms with Crippen molar-refractivity contribution < 1.29 is 13.9 Å². The summed E-state index contributed by atoms with van der Waals surface area (Å²) in [6.07, 6.45) is 0. The number of ether oxygens (including phenoxy) is 1. The summed E-state index contributed by atoms with van der Waals surface area (Å²) in [6.45, 7) is 2.80. The minimum Gasteiger partial charge on any atom is -0.378 e. The Morgan fingerprint density at radius 2 is 1.78 bits per heavy atom. The van der Waals surface area contributed by atoms with Crippen molar-refractivity contribution in [2.75, 3.05) is 36.5 Å². The zero-order valence-corrected chi connectivity index (χ0v) is 15.3. The van der Waals surface area contributed by atoms with Crippen molar-refractivity contribution >= 4 is 28.1 Å². The molecule has 0 bridgehead atoms. The van der Waals surface area contributed by atoms with Gasteiger partial charge in [-0.05, 0) is 24.3 Å². The normalized spacial score (nSPS) is 14.2. The second-order valence-corrected chi connectivity index (χ2v) is 7.08. The summed E-state index contributed by atoms with van der Waals surface area (Å²) >= 11 is 1.36. The highest BCUT2D eigenvalue weighted by Crippen LogP contribution is 2.34. The van der Waals surface area contributed by atoms with Gasteiger partial charge in [0.05, 0.1) is 18.9 Å². The number of nitrogens with one attached hydrogen (secondary N) is 1. The molecule has 0 saturated carbocycles. The van der Waals surface area contributed by atoms with Crippen LogP contribution < -0.4 is 10.2 Å². The van der Waals surface area contributed by atoms with Gasteiger partial charge < -0.3 is 15.0 Å². The second kappa shape index (κ2) is 7.85. The number of amides is 1. The zero-order chi connectivity index (χ0) is 18.6. The molecule has 2 heterocycles. The van der Waals surface area contributed by atoms with E-state index in [1.165, 1.54) is 23.5 Å². The Morgan fingerprint density at radius 1 is 1.07 bits per heavy atom. The Morgan fingerprint density at radius 3 is 2.48 bits per heavy atom. The summed E-state index contributed by atoms with van der Waals surface area (Å²) in [6, 6.07) is 15.4. The molecule has 1 aliphatic heterocycles. The number of rotatable bonds is 4. The summed E-state index contributed by atoms with van der Waals surface area (Å²) in [5.41, 5.74) is 2.08. The number of carbonyl (C=O) groups excluding carboxylic acids is 1. The Hall–Kier alpha value is -2.77. The van der Waals surface area contributed by atoms with Crippen molar-refractivity contribution in [2.24, 2.45) is 0 Å². The molecule has 27 heavy (non-hydrogen) atoms. The van der Waals surface area contributed by atoms with Crippen LogP contribution in [0.25, 0.3) is 11.3 Å². The van der Waals surface area contributed by atoms with Gasteiger partial charge in [-0.1, -0.05) is 41.7 Å². The van der Waals surface area contributed by atoms with E-state index >= 15 is 0 Å². The fraction of sp³-hybridized carbons (Fsp3) is 0.200. The van der Waals surface area contributed by atoms with Crippen LogP contribution in [0.3, 0.4) is 0 Å². The van der Waals surface area contributed by atoms with Gasteiger partial charge in [0.2, 0.25) is 0 Å². The van der Waals surface area contributed by atoms with Gasteiger partial charge in [0.25, 0.3) is 5.91 Å². The van der Waals surface area contributed by atoms with E-state index in [4.69, 9.17) is 9.72 Å². The molecule has 1 saturated heterocycles. The fourth-order valence-electron chi connectivity index (χ4n) is 2.87. The lowest BCUT2D eigenvalue weighted by atomic mass is 10.1. The first-order chi connectivity index (χ1) is 13.2. The van der Waals surface area contributed by atoms with E-state index in [9.17, 15) is 9.18 Å². The van der Waals surface area contributed by atoms with Crippen LogP contribution >= 0.6 is 11.3 Å². The summed E-state index contributed by atoms with van der Waals surface area (Å²) in [5, 5.41) is 3.64. The highest BCUT2D eigenvalue weighted by atomic mass is 32.1. The molecule has 3 aromatic rings. The molecular formula is C20H18FN3O2S. The number of anilines is 2. The zero-order valence-electron chi connectivity index (χ0n) is 14.5. The molecule has 4 rings (SSSR count). The summed E-state index contributed by atoms with van der Waals surface area (Å²) in [5.74, 6) is -0.595. The smallest absolute Gasteiger partial charge is 0.268 e. The maximum absolute atomic E-state index is 13.1. The highest BCUT2D eigenvalue weighted by Gasteiger charge is 2.23. The number of morpholine rings is 1. The maximum atomic E-state index is 13.1. The number of nitrogens with zero attached hydrogens (tertiary/aromatic N) is 2. The van der Waals surface area contributed by atoms with E-state index in [1.807, 2.05) is 30.3 Å². The van der Waals surface area contributed by atoms with Gasteiger partial charge in [0.15, 0.2) is 5.13 Å². The Bertz CT molecular complexity index is 922. The Labute approximate surface area is 160 Å². The van der Waals surface area contributed by atoms with E-state index in [0.717, 1.165) is 23.8 Å². The molecule has 1 aromatic heterocycles. The van der Waals surface area contributed by atoms with Crippen molar-refractivity contribution in [1.29, 1.82) is 0 Å². The van der Waals surface area contributed by atoms with Crippen molar-refractivity contribution in [3.05, 3.63) is 65.3 Å². The minimum absolute atomic E-state index is 0.252. The average Bonchev–Trinajstić information content (AvgIpc) is 3.17. The lowest BCUT2D eigenvalue weighted by Gasteiger charge is -2.26. The van der Waals surface area contributed by atoms with Crippen LogP contribution in [0, 0.1) is 5.82 Å². The molecule has 1 fully saturated rings. The van der Waals surface area contributed by atoms with Gasteiger partial charge in [0.1, 0.15) is 10.7 Å². The van der Waals surface area contributed by atoms with Crippen LogP contribution in [0.15, 0.2) is 54.6 Å². The second-order valence-electron chi connectivity index (χ2n) is 6.10. The third-order valence-electron chi connectivity index (χ3n) is 4.25. The topological polar surface area (TPSA) is 54.5 Å². The molecule has 1 aliphatic rings. The lowest BCUT2D eigenvalue weighted by Crippen LogP contribution is -2.36. The molecule has 0 radical (unpaired) electrons. The first-order valence-corrected chi connectivity index (χ1v) is 9.48. The van der Waals surface area contributed by atoms with E-state index in [1.54, 1.807) is 12.1 Å². The van der Waals surface area contributed by atoms with E-state index < -0.39 is 0 Å². The number of aromatic nitrogens is 1. The predicted molar refractivity (Wildman–Crippen MR) is 105 cm³/mol. The Balaban J connectivity index is 1.67. The first kappa shape index (κ1) is 17.6. The number of halogens is 1. The van der Waals surface area contributed by atoms with Crippen LogP contribution in [0.1, 0.15) is 9.67 Å². The first-order valence-electron chi connectivity index (χ1n) is 8.66. The van der Waals surface area contributed by atoms with Crippen molar-refractivity contribution in [3.8, 4) is 11.3 Å². The number of carbonyl (C=O) groups is 1. The van der Waals surface area contributed by atoms with Gasteiger partial charge >= 0.3 is 0 Å². The largest absolute Gasteiger partial charge is 0.378 e. The molecule has 0 unspecified atom stereocenters. The molecule has 1 amide bonds. The minimum atomic E-state index is -0.342. The standard InChI is InChI=1S/C20H18FN3O2S/c21-15-6-8-16(9-7-15)22-19(25)18-17(14-4-2-1-3-5-14)23-20(27-18)24-10-12-26-13-11-24/h1-9H,10-13H2,(H,22,25). The van der Waals surface area contributed by atoms with Gasteiger partial charge in [-0.25, -0.2) is 9.37 Å². The molecule has 0 spiro atoms. The number of hydrogen-bond donors (Lipinski definition) is 1. The number of benzene rings is 2. The van der Waals surface area contributed by atoms with Crippen molar-refractivity contribution in [1.82, 2.24) is 4.98 Å². The maximum Gasteiger partial charge on any atom is 0.268 e. The van der Waals surface area contributed by atoms with E-state index in [-0.39, 0.29) is 11.7 Å². The fourth-order valence-corrected chi connectivity index (χ4v) is 3.90. The molecular weight excluding hydrogens is 365 g/mol.